The maximum Gasteiger partial charge on any atom is 0.189 e. The molecule has 9 heteroatoms. The van der Waals surface area contributed by atoms with Gasteiger partial charge in [-0.1, -0.05) is 36.4 Å². The highest BCUT2D eigenvalue weighted by Crippen LogP contribution is 2.31. The Morgan fingerprint density at radius 1 is 1.18 bits per heavy atom. The van der Waals surface area contributed by atoms with E-state index in [4.69, 9.17) is 10.5 Å². The average molecular weight is 491 g/mol. The van der Waals surface area contributed by atoms with E-state index < -0.39 is 0 Å². The predicted molar refractivity (Wildman–Crippen MR) is 117 cm³/mol. The number of nitrogens with two attached hydrogens (primary N) is 1. The molecule has 28 heavy (non-hydrogen) atoms. The SMILES string of the molecule is I.NC(=NCCc1nnnn1-c1ccccc1)NC1CCOc2ccccc21. The molecule has 1 atom stereocenters. The van der Waals surface area contributed by atoms with Crippen LogP contribution in [0.4, 0.5) is 0 Å². The molecule has 0 fully saturated rings. The van der Waals surface area contributed by atoms with Crippen LogP contribution in [0.3, 0.4) is 0 Å². The van der Waals surface area contributed by atoms with Crippen LogP contribution in [-0.2, 0) is 6.42 Å². The molecule has 0 saturated carbocycles. The average Bonchev–Trinajstić information content (AvgIpc) is 3.17. The van der Waals surface area contributed by atoms with E-state index >= 15 is 0 Å². The molecule has 1 aliphatic rings. The summed E-state index contributed by atoms with van der Waals surface area (Å²) in [5.41, 5.74) is 8.12. The minimum atomic E-state index is 0. The van der Waals surface area contributed by atoms with Crippen LogP contribution in [0, 0.1) is 0 Å². The summed E-state index contributed by atoms with van der Waals surface area (Å²) in [6, 6.07) is 17.9. The van der Waals surface area contributed by atoms with E-state index in [1.807, 2.05) is 54.6 Å². The molecule has 1 unspecified atom stereocenters. The second-order valence-electron chi connectivity index (χ2n) is 6.23. The van der Waals surface area contributed by atoms with E-state index in [2.05, 4.69) is 25.8 Å². The van der Waals surface area contributed by atoms with Crippen molar-refractivity contribution in [1.82, 2.24) is 25.5 Å². The number of nitrogens with one attached hydrogen (secondary N) is 1. The molecule has 0 saturated heterocycles. The first kappa shape index (κ1) is 20.1. The lowest BCUT2D eigenvalue weighted by Crippen LogP contribution is -2.37. The second kappa shape index (κ2) is 9.49. The zero-order chi connectivity index (χ0) is 18.5. The van der Waals surface area contributed by atoms with Gasteiger partial charge in [0, 0.05) is 24.9 Å². The number of nitrogens with zero attached hydrogens (tertiary/aromatic N) is 5. The Bertz CT molecular complexity index is 929. The van der Waals surface area contributed by atoms with Crippen LogP contribution in [0.5, 0.6) is 5.75 Å². The zero-order valence-electron chi connectivity index (χ0n) is 15.2. The Balaban J connectivity index is 0.00000225. The number of aromatic nitrogens is 4. The predicted octanol–water partition coefficient (Wildman–Crippen LogP) is 2.25. The standard InChI is InChI=1S/C19H21N7O.HI/c20-19(22-16-11-13-27-17-9-5-4-8-15(16)17)21-12-10-18-23-24-25-26(18)14-6-2-1-3-7-14;/h1-9,16H,10-13H2,(H3,20,21,22);1H. The molecule has 1 aliphatic heterocycles. The summed E-state index contributed by atoms with van der Waals surface area (Å²) in [7, 11) is 0. The quantitative estimate of drug-likeness (QED) is 0.323. The molecular weight excluding hydrogens is 469 g/mol. The molecule has 0 spiro atoms. The number of para-hydroxylation sites is 2. The first-order valence-electron chi connectivity index (χ1n) is 8.92. The third-order valence-electron chi connectivity index (χ3n) is 4.43. The monoisotopic (exact) mass is 491 g/mol. The van der Waals surface area contributed by atoms with Crippen LogP contribution in [-0.4, -0.2) is 39.3 Å². The normalized spacial score (nSPS) is 15.9. The van der Waals surface area contributed by atoms with Crippen LogP contribution in [0.15, 0.2) is 59.6 Å². The fourth-order valence-corrected chi connectivity index (χ4v) is 3.12. The molecule has 0 aliphatic carbocycles. The Hall–Kier alpha value is -2.69. The molecule has 2 heterocycles. The van der Waals surface area contributed by atoms with Gasteiger partial charge < -0.3 is 15.8 Å². The van der Waals surface area contributed by atoms with E-state index in [1.165, 1.54) is 0 Å². The third kappa shape index (κ3) is 4.58. The van der Waals surface area contributed by atoms with Gasteiger partial charge >= 0.3 is 0 Å². The number of halogens is 1. The minimum absolute atomic E-state index is 0. The fraction of sp³-hybridized carbons (Fsp3) is 0.263. The Labute approximate surface area is 180 Å². The van der Waals surface area contributed by atoms with Crippen molar-refractivity contribution < 1.29 is 4.74 Å². The second-order valence-corrected chi connectivity index (χ2v) is 6.23. The highest BCUT2D eigenvalue weighted by Gasteiger charge is 2.21. The number of tetrazole rings is 1. The Kier molecular flexibility index (Phi) is 6.80. The minimum Gasteiger partial charge on any atom is -0.493 e. The van der Waals surface area contributed by atoms with Crippen LogP contribution < -0.4 is 15.8 Å². The third-order valence-corrected chi connectivity index (χ3v) is 4.43. The first-order valence-corrected chi connectivity index (χ1v) is 8.92. The number of rotatable bonds is 5. The fourth-order valence-electron chi connectivity index (χ4n) is 3.12. The smallest absolute Gasteiger partial charge is 0.189 e. The summed E-state index contributed by atoms with van der Waals surface area (Å²) in [6.07, 6.45) is 1.44. The molecule has 3 N–H and O–H groups in total. The van der Waals surface area contributed by atoms with Crippen molar-refractivity contribution in [1.29, 1.82) is 0 Å². The summed E-state index contributed by atoms with van der Waals surface area (Å²) in [6.45, 7) is 1.16. The molecule has 3 aromatic rings. The molecule has 4 rings (SSSR count). The van der Waals surface area contributed by atoms with Crippen molar-refractivity contribution in [2.45, 2.75) is 18.9 Å². The molecule has 146 valence electrons. The molecule has 2 aromatic carbocycles. The van der Waals surface area contributed by atoms with Gasteiger partial charge in [0.15, 0.2) is 11.8 Å². The summed E-state index contributed by atoms with van der Waals surface area (Å²) in [4.78, 5) is 4.43. The number of benzene rings is 2. The van der Waals surface area contributed by atoms with Gasteiger partial charge in [-0.2, -0.15) is 4.68 Å². The lowest BCUT2D eigenvalue weighted by Gasteiger charge is -2.26. The van der Waals surface area contributed by atoms with E-state index in [0.717, 1.165) is 29.2 Å². The van der Waals surface area contributed by atoms with Crippen molar-refractivity contribution in [3.63, 3.8) is 0 Å². The molecule has 1 aromatic heterocycles. The van der Waals surface area contributed by atoms with Crippen molar-refractivity contribution in [2.24, 2.45) is 10.7 Å². The molecule has 8 nitrogen and oxygen atoms in total. The number of hydrogen-bond acceptors (Lipinski definition) is 5. The Morgan fingerprint density at radius 2 is 1.96 bits per heavy atom. The topological polar surface area (TPSA) is 103 Å². The van der Waals surface area contributed by atoms with Crippen LogP contribution in [0.25, 0.3) is 5.69 Å². The molecule has 0 amide bonds. The largest absolute Gasteiger partial charge is 0.493 e. The van der Waals surface area contributed by atoms with Gasteiger partial charge in [0.25, 0.3) is 0 Å². The van der Waals surface area contributed by atoms with Crippen LogP contribution in [0.1, 0.15) is 23.9 Å². The highest BCUT2D eigenvalue weighted by molar-refractivity contribution is 14.0. The van der Waals surface area contributed by atoms with Gasteiger partial charge in [-0.3, -0.25) is 4.99 Å². The first-order chi connectivity index (χ1) is 13.3. The maximum atomic E-state index is 6.09. The van der Waals surface area contributed by atoms with Crippen molar-refractivity contribution in [2.75, 3.05) is 13.2 Å². The van der Waals surface area contributed by atoms with Gasteiger partial charge in [0.2, 0.25) is 0 Å². The van der Waals surface area contributed by atoms with E-state index in [0.29, 0.717) is 25.5 Å². The van der Waals surface area contributed by atoms with Crippen molar-refractivity contribution in [3.8, 4) is 11.4 Å². The summed E-state index contributed by atoms with van der Waals surface area (Å²) < 4.78 is 7.39. The Morgan fingerprint density at radius 3 is 2.82 bits per heavy atom. The number of aliphatic imine (C=N–C) groups is 1. The number of guanidine groups is 1. The van der Waals surface area contributed by atoms with Gasteiger partial charge in [0.05, 0.1) is 18.3 Å². The molecule has 0 bridgehead atoms. The van der Waals surface area contributed by atoms with Gasteiger partial charge in [0.1, 0.15) is 5.75 Å². The lowest BCUT2D eigenvalue weighted by atomic mass is 10.0. The van der Waals surface area contributed by atoms with E-state index in [-0.39, 0.29) is 30.0 Å². The van der Waals surface area contributed by atoms with Gasteiger partial charge in [-0.15, -0.1) is 29.1 Å². The zero-order valence-corrected chi connectivity index (χ0v) is 17.6. The van der Waals surface area contributed by atoms with Gasteiger partial charge in [-0.05, 0) is 28.6 Å². The number of fused-ring (bicyclic) bond motifs is 1. The summed E-state index contributed by atoms with van der Waals surface area (Å²) in [5, 5.41) is 15.2. The van der Waals surface area contributed by atoms with Gasteiger partial charge in [-0.25, -0.2) is 0 Å². The van der Waals surface area contributed by atoms with E-state index in [1.54, 1.807) is 4.68 Å². The lowest BCUT2D eigenvalue weighted by molar-refractivity contribution is 0.262. The summed E-state index contributed by atoms with van der Waals surface area (Å²) >= 11 is 0. The maximum absolute atomic E-state index is 6.09. The van der Waals surface area contributed by atoms with Crippen LogP contribution >= 0.6 is 24.0 Å². The van der Waals surface area contributed by atoms with Crippen LogP contribution in [0.2, 0.25) is 0 Å². The summed E-state index contributed by atoms with van der Waals surface area (Å²) in [5.74, 6) is 2.06. The number of hydrogen-bond donors (Lipinski definition) is 2. The number of ether oxygens (including phenoxy) is 1. The molecule has 0 radical (unpaired) electrons. The van der Waals surface area contributed by atoms with Crippen molar-refractivity contribution >= 4 is 29.9 Å². The van der Waals surface area contributed by atoms with E-state index in [9.17, 15) is 0 Å². The van der Waals surface area contributed by atoms with Crippen molar-refractivity contribution in [3.05, 3.63) is 66.0 Å². The highest BCUT2D eigenvalue weighted by atomic mass is 127. The molecular formula is C19H22IN7O.